The van der Waals surface area contributed by atoms with Gasteiger partial charge in [0.25, 0.3) is 0 Å². The molecule has 0 amide bonds. The quantitative estimate of drug-likeness (QED) is 0.880. The highest BCUT2D eigenvalue weighted by molar-refractivity contribution is 7.89. The zero-order valence-electron chi connectivity index (χ0n) is 11.5. The summed E-state index contributed by atoms with van der Waals surface area (Å²) in [5, 5.41) is 4.03. The molecule has 0 saturated carbocycles. The molecule has 1 aromatic heterocycles. The molecule has 0 saturated heterocycles. The second-order valence-electron chi connectivity index (χ2n) is 4.60. The van der Waals surface area contributed by atoms with E-state index in [9.17, 15) is 8.42 Å². The largest absolute Gasteiger partial charge is 0.326 e. The summed E-state index contributed by atoms with van der Waals surface area (Å²) in [5.74, 6) is 0. The number of aromatic nitrogens is 2. The Balaban J connectivity index is 2.29. The van der Waals surface area contributed by atoms with E-state index in [1.165, 1.54) is 4.31 Å². The maximum Gasteiger partial charge on any atom is 0.243 e. The molecule has 0 spiro atoms. The van der Waals surface area contributed by atoms with Gasteiger partial charge in [0.05, 0.1) is 11.1 Å². The molecule has 0 bridgehead atoms. The van der Waals surface area contributed by atoms with Crippen LogP contribution >= 0.6 is 0 Å². The summed E-state index contributed by atoms with van der Waals surface area (Å²) in [5.41, 5.74) is 7.06. The monoisotopic (exact) mass is 294 g/mol. The van der Waals surface area contributed by atoms with Crippen molar-refractivity contribution in [3.8, 4) is 0 Å². The van der Waals surface area contributed by atoms with Crippen LogP contribution in [0.4, 0.5) is 0 Å². The molecule has 0 aliphatic rings. The van der Waals surface area contributed by atoms with Crippen LogP contribution in [0.2, 0.25) is 0 Å². The van der Waals surface area contributed by atoms with Crippen LogP contribution in [-0.4, -0.2) is 29.6 Å². The van der Waals surface area contributed by atoms with E-state index in [1.54, 1.807) is 55.4 Å². The third kappa shape index (κ3) is 2.90. The van der Waals surface area contributed by atoms with Crippen molar-refractivity contribution in [2.75, 3.05) is 7.05 Å². The molecular formula is C13H18N4O2S. The maximum absolute atomic E-state index is 12.6. The molecule has 1 heterocycles. The first-order valence-electron chi connectivity index (χ1n) is 6.17. The second kappa shape index (κ2) is 5.74. The SMILES string of the molecule is CN(Cc1cnn(C)c1)S(=O)(=O)c1ccccc1CN. The van der Waals surface area contributed by atoms with E-state index < -0.39 is 10.0 Å². The van der Waals surface area contributed by atoms with Gasteiger partial charge < -0.3 is 5.73 Å². The number of aryl methyl sites for hydroxylation is 1. The molecule has 2 N–H and O–H groups in total. The molecule has 2 aromatic rings. The lowest BCUT2D eigenvalue weighted by atomic mass is 10.2. The Hall–Kier alpha value is -1.70. The van der Waals surface area contributed by atoms with Gasteiger partial charge in [-0.15, -0.1) is 0 Å². The van der Waals surface area contributed by atoms with Crippen molar-refractivity contribution in [3.63, 3.8) is 0 Å². The van der Waals surface area contributed by atoms with Crippen LogP contribution in [0.5, 0.6) is 0 Å². The molecule has 0 unspecified atom stereocenters. The third-order valence-corrected chi connectivity index (χ3v) is 4.95. The Morgan fingerprint density at radius 2 is 2.05 bits per heavy atom. The van der Waals surface area contributed by atoms with Crippen molar-refractivity contribution < 1.29 is 8.42 Å². The number of hydrogen-bond acceptors (Lipinski definition) is 4. The van der Waals surface area contributed by atoms with Crippen molar-refractivity contribution in [2.45, 2.75) is 18.0 Å². The predicted molar refractivity (Wildman–Crippen MR) is 76.2 cm³/mol. The predicted octanol–water partition coefficient (Wildman–Crippen LogP) is 0.699. The fourth-order valence-corrected chi connectivity index (χ4v) is 3.38. The molecule has 0 aliphatic heterocycles. The van der Waals surface area contributed by atoms with Crippen LogP contribution in [0.15, 0.2) is 41.6 Å². The van der Waals surface area contributed by atoms with Crippen LogP contribution in [0.3, 0.4) is 0 Å². The summed E-state index contributed by atoms with van der Waals surface area (Å²) in [6.07, 6.45) is 3.45. The normalized spacial score (nSPS) is 12.0. The number of benzene rings is 1. The number of nitrogens with zero attached hydrogens (tertiary/aromatic N) is 3. The van der Waals surface area contributed by atoms with E-state index in [2.05, 4.69) is 5.10 Å². The third-order valence-electron chi connectivity index (χ3n) is 3.04. The lowest BCUT2D eigenvalue weighted by Crippen LogP contribution is -2.27. The molecule has 0 atom stereocenters. The highest BCUT2D eigenvalue weighted by atomic mass is 32.2. The number of hydrogen-bond donors (Lipinski definition) is 1. The Labute approximate surface area is 118 Å². The zero-order chi connectivity index (χ0) is 14.8. The summed E-state index contributed by atoms with van der Waals surface area (Å²) in [7, 11) is -0.210. The molecular weight excluding hydrogens is 276 g/mol. The highest BCUT2D eigenvalue weighted by Gasteiger charge is 2.23. The standard InChI is InChI=1S/C13H18N4O2S/c1-16-9-11(8-15-16)10-17(2)20(18,19)13-6-4-3-5-12(13)7-14/h3-6,8-9H,7,10,14H2,1-2H3. The average molecular weight is 294 g/mol. The van der Waals surface area contributed by atoms with Gasteiger partial charge in [0.15, 0.2) is 0 Å². The van der Waals surface area contributed by atoms with E-state index >= 15 is 0 Å². The first kappa shape index (κ1) is 14.7. The van der Waals surface area contributed by atoms with Crippen molar-refractivity contribution in [3.05, 3.63) is 47.8 Å². The van der Waals surface area contributed by atoms with Crippen LogP contribution in [0.1, 0.15) is 11.1 Å². The van der Waals surface area contributed by atoms with Gasteiger partial charge >= 0.3 is 0 Å². The Bertz CT molecular complexity index is 694. The fraction of sp³-hybridized carbons (Fsp3) is 0.308. The molecule has 0 radical (unpaired) electrons. The average Bonchev–Trinajstić information content (AvgIpc) is 2.84. The van der Waals surface area contributed by atoms with Gasteiger partial charge in [0.2, 0.25) is 10.0 Å². The van der Waals surface area contributed by atoms with E-state index in [0.717, 1.165) is 5.56 Å². The minimum absolute atomic E-state index is 0.191. The molecule has 2 rings (SSSR count). The molecule has 0 aliphatic carbocycles. The van der Waals surface area contributed by atoms with Gasteiger partial charge in [0.1, 0.15) is 0 Å². The molecule has 7 heteroatoms. The summed E-state index contributed by atoms with van der Waals surface area (Å²) in [6.45, 7) is 0.464. The van der Waals surface area contributed by atoms with Crippen molar-refractivity contribution in [1.29, 1.82) is 0 Å². The maximum atomic E-state index is 12.6. The Morgan fingerprint density at radius 3 is 2.65 bits per heavy atom. The van der Waals surface area contributed by atoms with E-state index in [0.29, 0.717) is 5.56 Å². The molecule has 6 nitrogen and oxygen atoms in total. The van der Waals surface area contributed by atoms with Crippen LogP contribution in [0, 0.1) is 0 Å². The number of sulfonamides is 1. The lowest BCUT2D eigenvalue weighted by molar-refractivity contribution is 0.466. The molecule has 1 aromatic carbocycles. The minimum Gasteiger partial charge on any atom is -0.326 e. The van der Waals surface area contributed by atoms with Crippen molar-refractivity contribution >= 4 is 10.0 Å². The number of rotatable bonds is 5. The van der Waals surface area contributed by atoms with Gasteiger partial charge in [-0.3, -0.25) is 4.68 Å². The molecule has 0 fully saturated rings. The van der Waals surface area contributed by atoms with E-state index in [-0.39, 0.29) is 18.0 Å². The first-order chi connectivity index (χ1) is 9.45. The lowest BCUT2D eigenvalue weighted by Gasteiger charge is -2.18. The van der Waals surface area contributed by atoms with E-state index in [1.807, 2.05) is 0 Å². The second-order valence-corrected chi connectivity index (χ2v) is 6.61. The Kier molecular flexibility index (Phi) is 4.22. The first-order valence-corrected chi connectivity index (χ1v) is 7.61. The van der Waals surface area contributed by atoms with Gasteiger partial charge in [-0.1, -0.05) is 18.2 Å². The van der Waals surface area contributed by atoms with Crippen LogP contribution in [0.25, 0.3) is 0 Å². The summed E-state index contributed by atoms with van der Waals surface area (Å²) < 4.78 is 28.1. The van der Waals surface area contributed by atoms with Crippen LogP contribution in [-0.2, 0) is 30.2 Å². The van der Waals surface area contributed by atoms with Crippen LogP contribution < -0.4 is 5.73 Å². The van der Waals surface area contributed by atoms with Crippen molar-refractivity contribution in [2.24, 2.45) is 12.8 Å². The highest BCUT2D eigenvalue weighted by Crippen LogP contribution is 2.20. The topological polar surface area (TPSA) is 81.2 Å². The Morgan fingerprint density at radius 1 is 1.35 bits per heavy atom. The van der Waals surface area contributed by atoms with Crippen molar-refractivity contribution in [1.82, 2.24) is 14.1 Å². The zero-order valence-corrected chi connectivity index (χ0v) is 12.3. The minimum atomic E-state index is -3.55. The fourth-order valence-electron chi connectivity index (χ4n) is 1.99. The van der Waals surface area contributed by atoms with Gasteiger partial charge in [-0.05, 0) is 11.6 Å². The van der Waals surface area contributed by atoms with Gasteiger partial charge in [-0.2, -0.15) is 9.40 Å². The smallest absolute Gasteiger partial charge is 0.243 e. The number of nitrogens with two attached hydrogens (primary N) is 1. The molecule has 108 valence electrons. The summed E-state index contributed by atoms with van der Waals surface area (Å²) in [4.78, 5) is 0.258. The summed E-state index contributed by atoms with van der Waals surface area (Å²) >= 11 is 0. The van der Waals surface area contributed by atoms with Gasteiger partial charge in [0, 0.05) is 38.9 Å². The van der Waals surface area contributed by atoms with E-state index in [4.69, 9.17) is 5.73 Å². The van der Waals surface area contributed by atoms with Gasteiger partial charge in [-0.25, -0.2) is 8.42 Å². The molecule has 20 heavy (non-hydrogen) atoms. The summed E-state index contributed by atoms with van der Waals surface area (Å²) in [6, 6.07) is 6.79.